The van der Waals surface area contributed by atoms with Crippen molar-refractivity contribution in [1.82, 2.24) is 9.55 Å². The fraction of sp³-hybridized carbons (Fsp3) is 0.636. The lowest BCUT2D eigenvalue weighted by Crippen LogP contribution is -2.49. The molecule has 0 unspecified atom stereocenters. The molecular formula is C11H17BN2O4. The molecule has 6 nitrogen and oxygen atoms in total. The normalized spacial score (nSPS) is 21.3. The molecule has 1 aliphatic heterocycles. The molecule has 1 fully saturated rings. The number of hydrogen-bond donors (Lipinski definition) is 1. The molecule has 1 aromatic rings. The Balaban J connectivity index is 2.45. The Hall–Kier alpha value is -1.34. The molecule has 0 radical (unpaired) electrons. The van der Waals surface area contributed by atoms with Crippen LogP contribution in [0.4, 0.5) is 0 Å². The van der Waals surface area contributed by atoms with E-state index in [1.807, 2.05) is 27.7 Å². The van der Waals surface area contributed by atoms with Crippen LogP contribution in [0.25, 0.3) is 0 Å². The molecule has 1 aliphatic rings. The number of hydrogen-bond acceptors (Lipinski definition) is 4. The van der Waals surface area contributed by atoms with Gasteiger partial charge in [-0.1, -0.05) is 0 Å². The van der Waals surface area contributed by atoms with Crippen LogP contribution in [0, 0.1) is 0 Å². The van der Waals surface area contributed by atoms with Crippen molar-refractivity contribution in [3.63, 3.8) is 0 Å². The number of aromatic amines is 1. The van der Waals surface area contributed by atoms with Crippen molar-refractivity contribution in [1.29, 1.82) is 0 Å². The fourth-order valence-electron chi connectivity index (χ4n) is 1.72. The van der Waals surface area contributed by atoms with Gasteiger partial charge in [0.1, 0.15) is 0 Å². The molecule has 1 saturated heterocycles. The minimum atomic E-state index is -0.759. The van der Waals surface area contributed by atoms with Crippen molar-refractivity contribution in [2.75, 3.05) is 0 Å². The predicted octanol–water partition coefficient (Wildman–Crippen LogP) is -0.627. The van der Waals surface area contributed by atoms with E-state index in [0.29, 0.717) is 5.46 Å². The van der Waals surface area contributed by atoms with E-state index in [2.05, 4.69) is 4.98 Å². The van der Waals surface area contributed by atoms with E-state index in [9.17, 15) is 9.59 Å². The van der Waals surface area contributed by atoms with Gasteiger partial charge in [0.15, 0.2) is 0 Å². The molecule has 0 bridgehead atoms. The van der Waals surface area contributed by atoms with E-state index in [4.69, 9.17) is 9.31 Å². The topological polar surface area (TPSA) is 73.3 Å². The number of rotatable bonds is 1. The summed E-state index contributed by atoms with van der Waals surface area (Å²) in [7, 11) is 0.804. The van der Waals surface area contributed by atoms with Crippen molar-refractivity contribution >= 4 is 12.6 Å². The lowest BCUT2D eigenvalue weighted by Gasteiger charge is -2.32. The molecule has 1 aromatic heterocycles. The molecule has 0 aromatic carbocycles. The Morgan fingerprint density at radius 3 is 2.17 bits per heavy atom. The third-order valence-electron chi connectivity index (χ3n) is 3.64. The van der Waals surface area contributed by atoms with Crippen molar-refractivity contribution < 1.29 is 9.31 Å². The van der Waals surface area contributed by atoms with Crippen LogP contribution in [0.5, 0.6) is 0 Å². The highest BCUT2D eigenvalue weighted by molar-refractivity contribution is 6.61. The maximum absolute atomic E-state index is 11.8. The second-order valence-corrected chi connectivity index (χ2v) is 5.54. The van der Waals surface area contributed by atoms with Gasteiger partial charge in [-0.2, -0.15) is 0 Å². The minimum Gasteiger partial charge on any atom is -0.399 e. The summed E-state index contributed by atoms with van der Waals surface area (Å²) in [4.78, 5) is 25.3. The molecule has 2 heterocycles. The summed E-state index contributed by atoms with van der Waals surface area (Å²) in [5.41, 5.74) is -1.66. The van der Waals surface area contributed by atoms with E-state index in [-0.39, 0.29) is 0 Å². The smallest absolute Gasteiger partial charge is 0.399 e. The molecule has 98 valence electrons. The molecule has 0 amide bonds. The molecular weight excluding hydrogens is 235 g/mol. The highest BCUT2D eigenvalue weighted by atomic mass is 16.7. The van der Waals surface area contributed by atoms with Crippen LogP contribution in [0.3, 0.4) is 0 Å². The average molecular weight is 252 g/mol. The molecule has 7 heteroatoms. The van der Waals surface area contributed by atoms with Gasteiger partial charge in [-0.3, -0.25) is 9.78 Å². The van der Waals surface area contributed by atoms with Crippen LogP contribution in [0.2, 0.25) is 0 Å². The first-order chi connectivity index (χ1) is 8.14. The van der Waals surface area contributed by atoms with E-state index in [1.165, 1.54) is 10.8 Å². The lowest BCUT2D eigenvalue weighted by atomic mass is 9.81. The molecule has 0 spiro atoms. The van der Waals surface area contributed by atoms with Gasteiger partial charge >= 0.3 is 12.8 Å². The Kier molecular flexibility index (Phi) is 2.79. The van der Waals surface area contributed by atoms with Crippen LogP contribution in [0.15, 0.2) is 15.8 Å². The van der Waals surface area contributed by atoms with Gasteiger partial charge in [-0.15, -0.1) is 0 Å². The van der Waals surface area contributed by atoms with E-state index >= 15 is 0 Å². The van der Waals surface area contributed by atoms with Gasteiger partial charge in [-0.05, 0) is 27.7 Å². The standard InChI is InChI=1S/C11H17BN2O4/c1-10(2)11(3,4)18-12(17-10)7-6-14(5)9(16)13-8(7)15/h6H,1-5H3,(H,13,15,16). The van der Waals surface area contributed by atoms with Gasteiger partial charge in [0, 0.05) is 13.2 Å². The van der Waals surface area contributed by atoms with Crippen molar-refractivity contribution in [3.8, 4) is 0 Å². The van der Waals surface area contributed by atoms with Gasteiger partial charge in [0.2, 0.25) is 0 Å². The quantitative estimate of drug-likeness (QED) is 0.675. The number of nitrogens with zero attached hydrogens (tertiary/aromatic N) is 1. The second-order valence-electron chi connectivity index (χ2n) is 5.54. The summed E-state index contributed by atoms with van der Waals surface area (Å²) in [6.07, 6.45) is 1.45. The Bertz CT molecular complexity index is 571. The fourth-order valence-corrected chi connectivity index (χ4v) is 1.72. The first-order valence-corrected chi connectivity index (χ1v) is 5.79. The number of aromatic nitrogens is 2. The molecule has 0 saturated carbocycles. The van der Waals surface area contributed by atoms with Crippen molar-refractivity contribution in [3.05, 3.63) is 27.0 Å². The van der Waals surface area contributed by atoms with Gasteiger partial charge < -0.3 is 13.9 Å². The number of aryl methyl sites for hydroxylation is 1. The van der Waals surface area contributed by atoms with Crippen molar-refractivity contribution in [2.45, 2.75) is 38.9 Å². The van der Waals surface area contributed by atoms with Crippen LogP contribution in [-0.4, -0.2) is 27.9 Å². The summed E-state index contributed by atoms with van der Waals surface area (Å²) >= 11 is 0. The van der Waals surface area contributed by atoms with Crippen LogP contribution < -0.4 is 16.7 Å². The van der Waals surface area contributed by atoms with E-state index in [0.717, 1.165) is 0 Å². The number of H-pyrrole nitrogens is 1. The third-order valence-corrected chi connectivity index (χ3v) is 3.64. The second kappa shape index (κ2) is 3.83. The first kappa shape index (κ1) is 13.1. The number of nitrogens with one attached hydrogen (secondary N) is 1. The zero-order valence-corrected chi connectivity index (χ0v) is 11.2. The first-order valence-electron chi connectivity index (χ1n) is 5.79. The highest BCUT2D eigenvalue weighted by Crippen LogP contribution is 2.36. The zero-order valence-electron chi connectivity index (χ0n) is 11.2. The Labute approximate surface area is 105 Å². The Morgan fingerprint density at radius 2 is 1.67 bits per heavy atom. The molecule has 2 rings (SSSR count). The minimum absolute atomic E-state index is 0.302. The Morgan fingerprint density at radius 1 is 1.17 bits per heavy atom. The van der Waals surface area contributed by atoms with Gasteiger partial charge in [0.25, 0.3) is 5.56 Å². The summed E-state index contributed by atoms with van der Waals surface area (Å²) in [6.45, 7) is 7.62. The average Bonchev–Trinajstić information content (AvgIpc) is 2.42. The monoisotopic (exact) mass is 252 g/mol. The maximum Gasteiger partial charge on any atom is 0.502 e. The van der Waals surface area contributed by atoms with Crippen LogP contribution in [0.1, 0.15) is 27.7 Å². The molecule has 0 atom stereocenters. The van der Waals surface area contributed by atoms with E-state index < -0.39 is 29.6 Å². The van der Waals surface area contributed by atoms with Crippen molar-refractivity contribution in [2.24, 2.45) is 7.05 Å². The molecule has 0 aliphatic carbocycles. The zero-order chi connectivity index (χ0) is 13.7. The summed E-state index contributed by atoms with van der Waals surface area (Å²) in [5.74, 6) is 0. The SMILES string of the molecule is Cn1cc(B2OC(C)(C)C(C)(C)O2)c(=O)[nH]c1=O. The van der Waals surface area contributed by atoms with Crippen LogP contribution >= 0.6 is 0 Å². The molecule has 18 heavy (non-hydrogen) atoms. The predicted molar refractivity (Wildman–Crippen MR) is 68.0 cm³/mol. The highest BCUT2D eigenvalue weighted by Gasteiger charge is 2.52. The largest absolute Gasteiger partial charge is 0.502 e. The van der Waals surface area contributed by atoms with Gasteiger partial charge in [0.05, 0.1) is 16.7 Å². The third kappa shape index (κ3) is 1.93. The maximum atomic E-state index is 11.8. The molecule has 1 N–H and O–H groups in total. The van der Waals surface area contributed by atoms with E-state index in [1.54, 1.807) is 7.05 Å². The summed E-state index contributed by atoms with van der Waals surface area (Å²) in [5, 5.41) is 0. The van der Waals surface area contributed by atoms with Gasteiger partial charge in [-0.25, -0.2) is 4.79 Å². The summed E-state index contributed by atoms with van der Waals surface area (Å²) in [6, 6.07) is 0. The summed E-state index contributed by atoms with van der Waals surface area (Å²) < 4.78 is 12.8. The lowest BCUT2D eigenvalue weighted by molar-refractivity contribution is 0.00578. The van der Waals surface area contributed by atoms with Crippen LogP contribution in [-0.2, 0) is 16.4 Å².